The summed E-state index contributed by atoms with van der Waals surface area (Å²) in [6, 6.07) is 11.6. The molecular formula is C24H34N4O4S. The van der Waals surface area contributed by atoms with Crippen molar-refractivity contribution in [2.24, 2.45) is 0 Å². The summed E-state index contributed by atoms with van der Waals surface area (Å²) in [6.07, 6.45) is 1.91. The molecule has 0 spiro atoms. The van der Waals surface area contributed by atoms with Crippen molar-refractivity contribution in [3.8, 4) is 5.75 Å². The minimum Gasteiger partial charge on any atom is -0.494 e. The Bertz CT molecular complexity index is 1030. The van der Waals surface area contributed by atoms with Crippen molar-refractivity contribution in [2.75, 3.05) is 56.0 Å². The van der Waals surface area contributed by atoms with E-state index in [-0.39, 0.29) is 10.8 Å². The fourth-order valence-electron chi connectivity index (χ4n) is 3.73. The van der Waals surface area contributed by atoms with Gasteiger partial charge < -0.3 is 19.9 Å². The van der Waals surface area contributed by atoms with Crippen LogP contribution in [0.2, 0.25) is 0 Å². The van der Waals surface area contributed by atoms with Crippen molar-refractivity contribution in [3.05, 3.63) is 48.0 Å². The molecule has 180 valence electrons. The van der Waals surface area contributed by atoms with Gasteiger partial charge in [-0.15, -0.1) is 0 Å². The molecule has 2 aromatic rings. The van der Waals surface area contributed by atoms with E-state index < -0.39 is 10.0 Å². The van der Waals surface area contributed by atoms with Gasteiger partial charge in [-0.25, -0.2) is 8.42 Å². The van der Waals surface area contributed by atoms with Gasteiger partial charge in [-0.2, -0.15) is 0 Å². The van der Waals surface area contributed by atoms with Gasteiger partial charge in [-0.3, -0.25) is 9.52 Å². The highest BCUT2D eigenvalue weighted by Gasteiger charge is 2.22. The molecule has 3 rings (SSSR count). The normalized spacial score (nSPS) is 14.1. The van der Waals surface area contributed by atoms with Crippen molar-refractivity contribution >= 4 is 27.3 Å². The van der Waals surface area contributed by atoms with Crippen molar-refractivity contribution < 1.29 is 17.9 Å². The summed E-state index contributed by atoms with van der Waals surface area (Å²) in [5.41, 5.74) is 1.62. The maximum atomic E-state index is 13.2. The predicted molar refractivity (Wildman–Crippen MR) is 132 cm³/mol. The highest BCUT2D eigenvalue weighted by atomic mass is 32.2. The van der Waals surface area contributed by atoms with Crippen LogP contribution in [0.1, 0.15) is 37.0 Å². The van der Waals surface area contributed by atoms with E-state index in [1.807, 2.05) is 13.0 Å². The number of hydrogen-bond donors (Lipinski definition) is 2. The molecule has 0 radical (unpaired) electrons. The number of carbonyl (C=O) groups is 1. The van der Waals surface area contributed by atoms with Crippen LogP contribution in [-0.4, -0.2) is 65.6 Å². The molecule has 0 aliphatic carbocycles. The van der Waals surface area contributed by atoms with Gasteiger partial charge in [0.2, 0.25) is 0 Å². The molecule has 0 bridgehead atoms. The number of nitrogens with zero attached hydrogens (tertiary/aromatic N) is 2. The predicted octanol–water partition coefficient (Wildman–Crippen LogP) is 3.17. The van der Waals surface area contributed by atoms with E-state index >= 15 is 0 Å². The van der Waals surface area contributed by atoms with E-state index in [4.69, 9.17) is 4.74 Å². The third-order valence-electron chi connectivity index (χ3n) is 5.58. The Labute approximate surface area is 197 Å². The van der Waals surface area contributed by atoms with Crippen molar-refractivity contribution in [1.82, 2.24) is 10.2 Å². The van der Waals surface area contributed by atoms with Gasteiger partial charge in [0, 0.05) is 45.3 Å². The number of sulfonamides is 1. The first kappa shape index (κ1) is 24.9. The largest absolute Gasteiger partial charge is 0.494 e. The van der Waals surface area contributed by atoms with Crippen LogP contribution in [0, 0.1) is 0 Å². The summed E-state index contributed by atoms with van der Waals surface area (Å²) in [7, 11) is -2.09. The Morgan fingerprint density at radius 2 is 1.82 bits per heavy atom. The maximum absolute atomic E-state index is 13.2. The minimum atomic E-state index is -3.86. The van der Waals surface area contributed by atoms with Crippen LogP contribution in [0.3, 0.4) is 0 Å². The number of rotatable bonds is 10. The average molecular weight is 475 g/mol. The molecule has 1 fully saturated rings. The second-order valence-corrected chi connectivity index (χ2v) is 9.74. The topological polar surface area (TPSA) is 91.0 Å². The van der Waals surface area contributed by atoms with Crippen molar-refractivity contribution in [1.29, 1.82) is 0 Å². The number of hydrogen-bond acceptors (Lipinski definition) is 6. The summed E-state index contributed by atoms with van der Waals surface area (Å²) in [5, 5.41) is 3.30. The van der Waals surface area contributed by atoms with Crippen LogP contribution in [0.15, 0.2) is 47.4 Å². The van der Waals surface area contributed by atoms with E-state index in [1.54, 1.807) is 36.2 Å². The van der Waals surface area contributed by atoms with Gasteiger partial charge in [0.05, 0.1) is 22.9 Å². The number of anilines is 2. The van der Waals surface area contributed by atoms with E-state index in [2.05, 4.69) is 21.9 Å². The lowest BCUT2D eigenvalue weighted by Crippen LogP contribution is -2.43. The smallest absolute Gasteiger partial charge is 0.261 e. The second-order valence-electron chi connectivity index (χ2n) is 8.06. The third kappa shape index (κ3) is 6.39. The molecular weight excluding hydrogens is 440 g/mol. The fraction of sp³-hybridized carbons (Fsp3) is 0.458. The molecule has 1 aliphatic rings. The van der Waals surface area contributed by atoms with E-state index in [0.29, 0.717) is 30.2 Å². The molecule has 0 saturated carbocycles. The van der Waals surface area contributed by atoms with E-state index in [9.17, 15) is 13.2 Å². The Balaban J connectivity index is 1.93. The van der Waals surface area contributed by atoms with E-state index in [1.165, 1.54) is 12.1 Å². The highest BCUT2D eigenvalue weighted by Crippen LogP contribution is 2.30. The SMILES string of the molecule is CCCCN(C)C(=O)c1ccc(N2CCNCC2)c(NS(=O)(=O)c2ccc(OCC)cc2)c1. The second kappa shape index (κ2) is 11.4. The number of amides is 1. The van der Waals surface area contributed by atoms with Crippen LogP contribution in [0.4, 0.5) is 11.4 Å². The quantitative estimate of drug-likeness (QED) is 0.550. The molecule has 9 heteroatoms. The number of ether oxygens (including phenoxy) is 1. The molecule has 0 atom stereocenters. The van der Waals surface area contributed by atoms with Crippen LogP contribution in [0.25, 0.3) is 0 Å². The summed E-state index contributed by atoms with van der Waals surface area (Å²) < 4.78 is 34.5. The van der Waals surface area contributed by atoms with Gasteiger partial charge in [0.1, 0.15) is 5.75 Å². The molecule has 0 aromatic heterocycles. The Kier molecular flexibility index (Phi) is 8.57. The number of piperazine rings is 1. The summed E-state index contributed by atoms with van der Waals surface area (Å²) >= 11 is 0. The Morgan fingerprint density at radius 1 is 1.12 bits per heavy atom. The summed E-state index contributed by atoms with van der Waals surface area (Å²) in [6.45, 7) is 8.24. The van der Waals surface area contributed by atoms with E-state index in [0.717, 1.165) is 44.7 Å². The molecule has 2 N–H and O–H groups in total. The lowest BCUT2D eigenvalue weighted by molar-refractivity contribution is 0.0793. The first-order valence-corrected chi connectivity index (χ1v) is 12.9. The molecule has 1 aliphatic heterocycles. The standard InChI is InChI=1S/C24H34N4O4S/c1-4-6-15-27(3)24(29)19-7-12-23(28-16-13-25-14-17-28)22(18-19)26-33(30,31)21-10-8-20(9-11-21)32-5-2/h7-12,18,25-26H,4-6,13-17H2,1-3H3. The summed E-state index contributed by atoms with van der Waals surface area (Å²) in [4.78, 5) is 16.9. The van der Waals surface area contributed by atoms with Gasteiger partial charge in [0.15, 0.2) is 0 Å². The van der Waals surface area contributed by atoms with Gasteiger partial charge in [0.25, 0.3) is 15.9 Å². The zero-order valence-electron chi connectivity index (χ0n) is 19.6. The molecule has 1 amide bonds. The van der Waals surface area contributed by atoms with Crippen LogP contribution in [0.5, 0.6) is 5.75 Å². The van der Waals surface area contributed by atoms with Crippen LogP contribution in [-0.2, 0) is 10.0 Å². The molecule has 1 heterocycles. The molecule has 2 aromatic carbocycles. The monoisotopic (exact) mass is 474 g/mol. The molecule has 1 saturated heterocycles. The molecule has 8 nitrogen and oxygen atoms in total. The summed E-state index contributed by atoms with van der Waals surface area (Å²) in [5.74, 6) is 0.484. The minimum absolute atomic E-state index is 0.128. The molecule has 33 heavy (non-hydrogen) atoms. The Hall–Kier alpha value is -2.78. The number of benzene rings is 2. The van der Waals surface area contributed by atoms with Crippen LogP contribution < -0.4 is 19.7 Å². The van der Waals surface area contributed by atoms with Crippen molar-refractivity contribution in [3.63, 3.8) is 0 Å². The van der Waals surface area contributed by atoms with Crippen molar-refractivity contribution in [2.45, 2.75) is 31.6 Å². The number of unbranched alkanes of at least 4 members (excludes halogenated alkanes) is 1. The number of carbonyl (C=O) groups excluding carboxylic acids is 1. The maximum Gasteiger partial charge on any atom is 0.261 e. The fourth-order valence-corrected chi connectivity index (χ4v) is 4.80. The number of nitrogens with one attached hydrogen (secondary N) is 2. The zero-order valence-corrected chi connectivity index (χ0v) is 20.5. The zero-order chi connectivity index (χ0) is 23.8. The lowest BCUT2D eigenvalue weighted by Gasteiger charge is -2.31. The van der Waals surface area contributed by atoms with Gasteiger partial charge >= 0.3 is 0 Å². The van der Waals surface area contributed by atoms with Crippen LogP contribution >= 0.6 is 0 Å². The average Bonchev–Trinajstić information content (AvgIpc) is 2.83. The first-order valence-electron chi connectivity index (χ1n) is 11.5. The molecule has 0 unspecified atom stereocenters. The van der Waals surface area contributed by atoms with Gasteiger partial charge in [-0.1, -0.05) is 13.3 Å². The third-order valence-corrected chi connectivity index (χ3v) is 6.97. The lowest BCUT2D eigenvalue weighted by atomic mass is 10.1. The highest BCUT2D eigenvalue weighted by molar-refractivity contribution is 7.92. The Morgan fingerprint density at radius 3 is 2.45 bits per heavy atom. The first-order chi connectivity index (χ1) is 15.9. The van der Waals surface area contributed by atoms with Gasteiger partial charge in [-0.05, 0) is 55.8 Å².